The third-order valence-corrected chi connectivity index (χ3v) is 6.10. The summed E-state index contributed by atoms with van der Waals surface area (Å²) in [7, 11) is -3.74. The maximum Gasteiger partial charge on any atom is 0.254 e. The van der Waals surface area contributed by atoms with Crippen LogP contribution in [-0.4, -0.2) is 38.9 Å². The second-order valence-corrected chi connectivity index (χ2v) is 8.08. The molecule has 0 aliphatic carbocycles. The van der Waals surface area contributed by atoms with E-state index >= 15 is 0 Å². The summed E-state index contributed by atoms with van der Waals surface area (Å²) in [4.78, 5) is 14.7. The van der Waals surface area contributed by atoms with E-state index in [2.05, 4.69) is 10.8 Å². The molecule has 2 aromatic carbocycles. The minimum Gasteiger partial charge on any atom is -0.492 e. The molecule has 0 saturated carbocycles. The number of ether oxygens (including phenoxy) is 1. The quantitative estimate of drug-likeness (QED) is 0.825. The lowest BCUT2D eigenvalue weighted by atomic mass is 9.99. The van der Waals surface area contributed by atoms with E-state index in [0.29, 0.717) is 25.3 Å². The Morgan fingerprint density at radius 1 is 1.15 bits per heavy atom. The standard InChI is InChI=1S/C20H24N2O4S/c1-3-21-27(24,25)19-13-16(9-10-18(19)26-4-2)20(23)22-12-11-15-7-5-6-8-17(15)14-22/h5-10,13,21H,3-4,11-12,14H2,1-2H3. The van der Waals surface area contributed by atoms with Gasteiger partial charge in [-0.15, -0.1) is 0 Å². The summed E-state index contributed by atoms with van der Waals surface area (Å²) in [6, 6.07) is 12.7. The van der Waals surface area contributed by atoms with Crippen LogP contribution < -0.4 is 9.46 Å². The molecule has 1 aliphatic heterocycles. The van der Waals surface area contributed by atoms with Crippen LogP contribution in [0.4, 0.5) is 0 Å². The highest BCUT2D eigenvalue weighted by Gasteiger charge is 2.25. The van der Waals surface area contributed by atoms with Crippen molar-refractivity contribution in [2.24, 2.45) is 0 Å². The number of sulfonamides is 1. The molecule has 0 unspecified atom stereocenters. The smallest absolute Gasteiger partial charge is 0.254 e. The summed E-state index contributed by atoms with van der Waals surface area (Å²) in [5.41, 5.74) is 2.72. The molecule has 144 valence electrons. The van der Waals surface area contributed by atoms with Gasteiger partial charge in [-0.05, 0) is 42.7 Å². The van der Waals surface area contributed by atoms with Crippen molar-refractivity contribution in [3.8, 4) is 5.75 Å². The first kappa shape index (κ1) is 19.4. The van der Waals surface area contributed by atoms with E-state index in [1.807, 2.05) is 18.2 Å². The zero-order valence-electron chi connectivity index (χ0n) is 15.6. The molecule has 0 atom stereocenters. The Hall–Kier alpha value is -2.38. The van der Waals surface area contributed by atoms with Crippen LogP contribution in [0.5, 0.6) is 5.75 Å². The largest absolute Gasteiger partial charge is 0.492 e. The Kier molecular flexibility index (Phi) is 5.82. The van der Waals surface area contributed by atoms with Crippen molar-refractivity contribution in [1.29, 1.82) is 0 Å². The molecular formula is C20H24N2O4S. The summed E-state index contributed by atoms with van der Waals surface area (Å²) in [6.45, 7) is 5.22. The lowest BCUT2D eigenvalue weighted by Crippen LogP contribution is -2.36. The van der Waals surface area contributed by atoms with Crippen LogP contribution in [0.15, 0.2) is 47.4 Å². The molecule has 27 heavy (non-hydrogen) atoms. The van der Waals surface area contributed by atoms with Crippen LogP contribution in [0.2, 0.25) is 0 Å². The van der Waals surface area contributed by atoms with Crippen molar-refractivity contribution in [1.82, 2.24) is 9.62 Å². The first-order valence-electron chi connectivity index (χ1n) is 9.08. The maximum absolute atomic E-state index is 13.0. The number of nitrogens with zero attached hydrogens (tertiary/aromatic N) is 1. The molecule has 7 heteroatoms. The van der Waals surface area contributed by atoms with Crippen LogP contribution in [0, 0.1) is 0 Å². The van der Waals surface area contributed by atoms with Crippen LogP contribution in [0.25, 0.3) is 0 Å². The average molecular weight is 388 g/mol. The second-order valence-electron chi connectivity index (χ2n) is 6.34. The average Bonchev–Trinajstić information content (AvgIpc) is 2.67. The monoisotopic (exact) mass is 388 g/mol. The number of carbonyl (C=O) groups excluding carboxylic acids is 1. The number of carbonyl (C=O) groups is 1. The fourth-order valence-corrected chi connectivity index (χ4v) is 4.45. The maximum atomic E-state index is 13.0. The molecule has 1 amide bonds. The zero-order chi connectivity index (χ0) is 19.4. The number of hydrogen-bond acceptors (Lipinski definition) is 4. The van der Waals surface area contributed by atoms with Gasteiger partial charge >= 0.3 is 0 Å². The van der Waals surface area contributed by atoms with Gasteiger partial charge in [-0.25, -0.2) is 13.1 Å². The predicted octanol–water partition coefficient (Wildman–Crippen LogP) is 2.58. The van der Waals surface area contributed by atoms with Crippen LogP contribution >= 0.6 is 0 Å². The van der Waals surface area contributed by atoms with E-state index in [4.69, 9.17) is 4.74 Å². The van der Waals surface area contributed by atoms with Crippen LogP contribution in [-0.2, 0) is 23.0 Å². The molecule has 0 aromatic heterocycles. The number of fused-ring (bicyclic) bond motifs is 1. The van der Waals surface area contributed by atoms with Crippen molar-refractivity contribution in [3.63, 3.8) is 0 Å². The zero-order valence-corrected chi connectivity index (χ0v) is 16.4. The minimum absolute atomic E-state index is 0.00513. The Labute approximate surface area is 160 Å². The van der Waals surface area contributed by atoms with Crippen molar-refractivity contribution in [2.75, 3.05) is 19.7 Å². The van der Waals surface area contributed by atoms with Gasteiger partial charge in [0.05, 0.1) is 6.61 Å². The molecule has 0 bridgehead atoms. The summed E-state index contributed by atoms with van der Waals surface area (Å²) in [5.74, 6) is 0.0690. The summed E-state index contributed by atoms with van der Waals surface area (Å²) in [5, 5.41) is 0. The Morgan fingerprint density at radius 3 is 2.59 bits per heavy atom. The van der Waals surface area contributed by atoms with E-state index in [1.54, 1.807) is 30.9 Å². The van der Waals surface area contributed by atoms with Gasteiger partial charge in [-0.1, -0.05) is 31.2 Å². The van der Waals surface area contributed by atoms with Gasteiger partial charge in [0.15, 0.2) is 0 Å². The van der Waals surface area contributed by atoms with Gasteiger partial charge < -0.3 is 9.64 Å². The normalized spacial score (nSPS) is 13.9. The number of rotatable bonds is 6. The van der Waals surface area contributed by atoms with E-state index < -0.39 is 10.0 Å². The Bertz CT molecular complexity index is 941. The molecule has 3 rings (SSSR count). The van der Waals surface area contributed by atoms with Gasteiger partial charge in [-0.2, -0.15) is 0 Å². The third-order valence-electron chi connectivity index (χ3n) is 4.53. The molecule has 0 spiro atoms. The number of nitrogens with one attached hydrogen (secondary N) is 1. The molecule has 2 aromatic rings. The van der Waals surface area contributed by atoms with Crippen molar-refractivity contribution >= 4 is 15.9 Å². The Balaban J connectivity index is 1.92. The molecule has 1 N–H and O–H groups in total. The molecule has 1 aliphatic rings. The fraction of sp³-hybridized carbons (Fsp3) is 0.350. The SMILES string of the molecule is CCNS(=O)(=O)c1cc(C(=O)N2CCc3ccccc3C2)ccc1OCC. The van der Waals surface area contributed by atoms with Crippen LogP contribution in [0.3, 0.4) is 0 Å². The van der Waals surface area contributed by atoms with Crippen molar-refractivity contribution in [3.05, 3.63) is 59.2 Å². The molecular weight excluding hydrogens is 364 g/mol. The van der Waals surface area contributed by atoms with E-state index in [-0.39, 0.29) is 23.1 Å². The molecule has 1 heterocycles. The molecule has 0 saturated heterocycles. The molecule has 0 radical (unpaired) electrons. The highest BCUT2D eigenvalue weighted by molar-refractivity contribution is 7.89. The van der Waals surface area contributed by atoms with E-state index in [1.165, 1.54) is 11.6 Å². The topological polar surface area (TPSA) is 75.7 Å². The van der Waals surface area contributed by atoms with Gasteiger partial charge in [0.2, 0.25) is 10.0 Å². The molecule has 6 nitrogen and oxygen atoms in total. The first-order valence-corrected chi connectivity index (χ1v) is 10.6. The second kappa shape index (κ2) is 8.10. The summed E-state index contributed by atoms with van der Waals surface area (Å²) >= 11 is 0. The van der Waals surface area contributed by atoms with E-state index in [0.717, 1.165) is 12.0 Å². The third kappa shape index (κ3) is 4.14. The summed E-state index contributed by atoms with van der Waals surface area (Å²) in [6.07, 6.45) is 0.793. The van der Waals surface area contributed by atoms with E-state index in [9.17, 15) is 13.2 Å². The van der Waals surface area contributed by atoms with Crippen molar-refractivity contribution < 1.29 is 17.9 Å². The number of hydrogen-bond donors (Lipinski definition) is 1. The highest BCUT2D eigenvalue weighted by atomic mass is 32.2. The fourth-order valence-electron chi connectivity index (χ4n) is 3.25. The first-order chi connectivity index (χ1) is 13.0. The van der Waals surface area contributed by atoms with Crippen LogP contribution in [0.1, 0.15) is 35.3 Å². The Morgan fingerprint density at radius 2 is 1.89 bits per heavy atom. The van der Waals surface area contributed by atoms with Gasteiger partial charge in [0, 0.05) is 25.2 Å². The minimum atomic E-state index is -3.74. The lowest BCUT2D eigenvalue weighted by Gasteiger charge is -2.29. The van der Waals surface area contributed by atoms with Gasteiger partial charge in [-0.3, -0.25) is 4.79 Å². The molecule has 0 fully saturated rings. The van der Waals surface area contributed by atoms with Crippen molar-refractivity contribution in [2.45, 2.75) is 31.7 Å². The number of benzene rings is 2. The predicted molar refractivity (Wildman–Crippen MR) is 103 cm³/mol. The van der Waals surface area contributed by atoms with Gasteiger partial charge in [0.25, 0.3) is 5.91 Å². The van der Waals surface area contributed by atoms with Gasteiger partial charge in [0.1, 0.15) is 10.6 Å². The highest BCUT2D eigenvalue weighted by Crippen LogP contribution is 2.27. The summed E-state index contributed by atoms with van der Waals surface area (Å²) < 4.78 is 33.0. The lowest BCUT2D eigenvalue weighted by molar-refractivity contribution is 0.0734. The number of amides is 1.